The van der Waals surface area contributed by atoms with Gasteiger partial charge in [-0.05, 0) is 29.7 Å². The number of aromatic nitrogens is 2. The second-order valence-electron chi connectivity index (χ2n) is 5.09. The standard InChI is InChI=1S/C13H18N4O5/c1-2-22-13(19)10-4-3-5-16(6-10)12(18)8-15-7-11(14-9-15)17(20)21/h7,9-10H,2-6,8H2,1H3. The van der Waals surface area contributed by atoms with Gasteiger partial charge in [0.2, 0.25) is 12.2 Å². The summed E-state index contributed by atoms with van der Waals surface area (Å²) in [6, 6.07) is 0. The highest BCUT2D eigenvalue weighted by Crippen LogP contribution is 2.18. The lowest BCUT2D eigenvalue weighted by Crippen LogP contribution is -2.44. The van der Waals surface area contributed by atoms with Crippen molar-refractivity contribution < 1.29 is 19.2 Å². The number of nitro groups is 1. The van der Waals surface area contributed by atoms with Gasteiger partial charge in [-0.15, -0.1) is 0 Å². The van der Waals surface area contributed by atoms with Crippen LogP contribution in [0.4, 0.5) is 5.82 Å². The number of esters is 1. The van der Waals surface area contributed by atoms with Crippen molar-refractivity contribution in [3.8, 4) is 0 Å². The number of amides is 1. The van der Waals surface area contributed by atoms with E-state index in [1.54, 1.807) is 11.8 Å². The molecule has 1 aromatic rings. The van der Waals surface area contributed by atoms with E-state index in [9.17, 15) is 19.7 Å². The van der Waals surface area contributed by atoms with Gasteiger partial charge in [0.15, 0.2) is 0 Å². The van der Waals surface area contributed by atoms with E-state index in [0.717, 1.165) is 6.42 Å². The van der Waals surface area contributed by atoms with Gasteiger partial charge in [-0.25, -0.2) is 0 Å². The summed E-state index contributed by atoms with van der Waals surface area (Å²) >= 11 is 0. The molecule has 1 fully saturated rings. The van der Waals surface area contributed by atoms with Crippen LogP contribution in [0.25, 0.3) is 0 Å². The Labute approximate surface area is 127 Å². The molecule has 0 aliphatic carbocycles. The minimum absolute atomic E-state index is 0.0314. The van der Waals surface area contributed by atoms with Crippen LogP contribution in [0.2, 0.25) is 0 Å². The maximum absolute atomic E-state index is 12.2. The normalized spacial score (nSPS) is 18.0. The summed E-state index contributed by atoms with van der Waals surface area (Å²) in [6.07, 6.45) is 3.91. The van der Waals surface area contributed by atoms with E-state index in [-0.39, 0.29) is 30.2 Å². The maximum Gasteiger partial charge on any atom is 0.381 e. The van der Waals surface area contributed by atoms with Crippen LogP contribution in [0.3, 0.4) is 0 Å². The summed E-state index contributed by atoms with van der Waals surface area (Å²) in [7, 11) is 0. The molecule has 22 heavy (non-hydrogen) atoms. The Morgan fingerprint density at radius 1 is 1.55 bits per heavy atom. The minimum atomic E-state index is -0.612. The monoisotopic (exact) mass is 310 g/mol. The quantitative estimate of drug-likeness (QED) is 0.447. The van der Waals surface area contributed by atoms with Crippen LogP contribution >= 0.6 is 0 Å². The van der Waals surface area contributed by atoms with E-state index < -0.39 is 4.92 Å². The van der Waals surface area contributed by atoms with Gasteiger partial charge in [0.05, 0.1) is 12.5 Å². The first-order chi connectivity index (χ1) is 10.5. The number of nitrogens with zero attached hydrogens (tertiary/aromatic N) is 4. The number of carbonyl (C=O) groups is 2. The van der Waals surface area contributed by atoms with Gasteiger partial charge < -0.3 is 24.3 Å². The van der Waals surface area contributed by atoms with Gasteiger partial charge in [0.1, 0.15) is 12.7 Å². The molecule has 0 spiro atoms. The number of hydrogen-bond acceptors (Lipinski definition) is 6. The molecule has 0 saturated carbocycles. The van der Waals surface area contributed by atoms with Gasteiger partial charge in [-0.1, -0.05) is 0 Å². The van der Waals surface area contributed by atoms with Crippen molar-refractivity contribution in [3.05, 3.63) is 22.6 Å². The number of hydrogen-bond donors (Lipinski definition) is 0. The van der Waals surface area contributed by atoms with Gasteiger partial charge in [0, 0.05) is 13.1 Å². The van der Waals surface area contributed by atoms with Crippen LogP contribution in [-0.4, -0.2) is 50.9 Å². The zero-order valence-electron chi connectivity index (χ0n) is 12.3. The molecule has 0 bridgehead atoms. The molecular weight excluding hydrogens is 292 g/mol. The van der Waals surface area contributed by atoms with E-state index in [0.29, 0.717) is 26.1 Å². The van der Waals surface area contributed by atoms with Crippen molar-refractivity contribution in [2.75, 3.05) is 19.7 Å². The third-order valence-electron chi connectivity index (χ3n) is 3.52. The number of rotatable bonds is 5. The molecule has 0 N–H and O–H groups in total. The molecule has 0 radical (unpaired) electrons. The highest BCUT2D eigenvalue weighted by atomic mass is 16.6. The fourth-order valence-electron chi connectivity index (χ4n) is 2.44. The molecule has 1 unspecified atom stereocenters. The summed E-state index contributed by atoms with van der Waals surface area (Å²) in [5, 5.41) is 10.6. The lowest BCUT2D eigenvalue weighted by molar-refractivity contribution is -0.389. The number of carbonyl (C=O) groups excluding carboxylic acids is 2. The van der Waals surface area contributed by atoms with Crippen LogP contribution in [0.1, 0.15) is 19.8 Å². The fourth-order valence-corrected chi connectivity index (χ4v) is 2.44. The summed E-state index contributed by atoms with van der Waals surface area (Å²) < 4.78 is 6.36. The van der Waals surface area contributed by atoms with Crippen molar-refractivity contribution in [3.63, 3.8) is 0 Å². The largest absolute Gasteiger partial charge is 0.466 e. The van der Waals surface area contributed by atoms with E-state index in [1.165, 1.54) is 17.1 Å². The molecule has 1 saturated heterocycles. The molecule has 1 atom stereocenters. The van der Waals surface area contributed by atoms with Crippen molar-refractivity contribution in [2.45, 2.75) is 26.3 Å². The van der Waals surface area contributed by atoms with E-state index in [1.807, 2.05) is 0 Å². The number of piperidine rings is 1. The summed E-state index contributed by atoms with van der Waals surface area (Å²) in [5.41, 5.74) is 0. The van der Waals surface area contributed by atoms with E-state index in [4.69, 9.17) is 4.74 Å². The second-order valence-corrected chi connectivity index (χ2v) is 5.09. The smallest absolute Gasteiger partial charge is 0.381 e. The molecular formula is C13H18N4O5. The van der Waals surface area contributed by atoms with E-state index >= 15 is 0 Å². The molecule has 1 aliphatic heterocycles. The number of likely N-dealkylation sites (tertiary alicyclic amines) is 1. The van der Waals surface area contributed by atoms with Crippen molar-refractivity contribution >= 4 is 17.7 Å². The van der Waals surface area contributed by atoms with Crippen LogP contribution in [0, 0.1) is 16.0 Å². The number of ether oxygens (including phenoxy) is 1. The Kier molecular flexibility index (Phi) is 5.08. The third kappa shape index (κ3) is 3.80. The summed E-state index contributed by atoms with van der Waals surface area (Å²) in [4.78, 5) is 39.1. The molecule has 1 aromatic heterocycles. The first-order valence-corrected chi connectivity index (χ1v) is 7.11. The molecule has 1 aliphatic rings. The van der Waals surface area contributed by atoms with Crippen LogP contribution < -0.4 is 0 Å². The minimum Gasteiger partial charge on any atom is -0.466 e. The zero-order chi connectivity index (χ0) is 16.1. The Hall–Kier alpha value is -2.45. The fraction of sp³-hybridized carbons (Fsp3) is 0.615. The molecule has 2 heterocycles. The Morgan fingerprint density at radius 3 is 2.95 bits per heavy atom. The molecule has 9 heteroatoms. The lowest BCUT2D eigenvalue weighted by Gasteiger charge is -2.31. The Bertz CT molecular complexity index is 571. The predicted molar refractivity (Wildman–Crippen MR) is 74.8 cm³/mol. The maximum atomic E-state index is 12.2. The third-order valence-corrected chi connectivity index (χ3v) is 3.52. The van der Waals surface area contributed by atoms with E-state index in [2.05, 4.69) is 4.98 Å². The van der Waals surface area contributed by atoms with Crippen molar-refractivity contribution in [2.24, 2.45) is 5.92 Å². The van der Waals surface area contributed by atoms with Crippen LogP contribution in [0.5, 0.6) is 0 Å². The highest BCUT2D eigenvalue weighted by Gasteiger charge is 2.29. The molecule has 1 amide bonds. The lowest BCUT2D eigenvalue weighted by atomic mass is 9.98. The van der Waals surface area contributed by atoms with Crippen molar-refractivity contribution in [1.29, 1.82) is 0 Å². The average Bonchev–Trinajstić information content (AvgIpc) is 2.96. The SMILES string of the molecule is CCOC(=O)C1CCCN(C(=O)Cn2cnc([N+](=O)[O-])c2)C1. The van der Waals surface area contributed by atoms with Gasteiger partial charge >= 0.3 is 11.8 Å². The Balaban J connectivity index is 1.93. The highest BCUT2D eigenvalue weighted by molar-refractivity contribution is 5.78. The van der Waals surface area contributed by atoms with Gasteiger partial charge in [-0.2, -0.15) is 0 Å². The topological polar surface area (TPSA) is 108 Å². The average molecular weight is 310 g/mol. The Morgan fingerprint density at radius 2 is 2.32 bits per heavy atom. The summed E-state index contributed by atoms with van der Waals surface area (Å²) in [5.74, 6) is -1.06. The van der Waals surface area contributed by atoms with Gasteiger partial charge in [-0.3, -0.25) is 9.59 Å². The first-order valence-electron chi connectivity index (χ1n) is 7.11. The second kappa shape index (κ2) is 7.01. The molecule has 120 valence electrons. The molecule has 0 aromatic carbocycles. The summed E-state index contributed by atoms with van der Waals surface area (Å²) in [6.45, 7) is 2.94. The van der Waals surface area contributed by atoms with Crippen LogP contribution in [0.15, 0.2) is 12.5 Å². The molecule has 9 nitrogen and oxygen atoms in total. The van der Waals surface area contributed by atoms with Crippen molar-refractivity contribution in [1.82, 2.24) is 14.5 Å². The van der Waals surface area contributed by atoms with Gasteiger partial charge in [0.25, 0.3) is 0 Å². The first kappa shape index (κ1) is 15.9. The zero-order valence-corrected chi connectivity index (χ0v) is 12.3. The predicted octanol–water partition coefficient (Wildman–Crippen LogP) is 0.593. The number of imidazole rings is 1. The van der Waals surface area contributed by atoms with Crippen LogP contribution in [-0.2, 0) is 20.9 Å². The molecule has 2 rings (SSSR count).